The van der Waals surface area contributed by atoms with E-state index in [1.807, 2.05) is 21.0 Å². The average molecular weight is 218 g/mol. The summed E-state index contributed by atoms with van der Waals surface area (Å²) in [6.45, 7) is 4.91. The highest BCUT2D eigenvalue weighted by molar-refractivity contribution is 5.44. The third-order valence-corrected chi connectivity index (χ3v) is 2.12. The highest BCUT2D eigenvalue weighted by Crippen LogP contribution is 2.10. The van der Waals surface area contributed by atoms with E-state index in [9.17, 15) is 0 Å². The lowest BCUT2D eigenvalue weighted by molar-refractivity contribution is 0.392. The van der Waals surface area contributed by atoms with Crippen LogP contribution in [0, 0.1) is 18.3 Å². The summed E-state index contributed by atoms with van der Waals surface area (Å²) in [5.74, 6) is 0.769. The Morgan fingerprint density at radius 1 is 1.50 bits per heavy atom. The molecule has 0 saturated heterocycles. The number of hydrogen-bond acceptors (Lipinski definition) is 4. The number of aromatic nitrogens is 1. The first-order valence-corrected chi connectivity index (χ1v) is 5.31. The van der Waals surface area contributed by atoms with Crippen LogP contribution in [0.5, 0.6) is 0 Å². The Hall–Kier alpha value is -1.60. The van der Waals surface area contributed by atoms with Crippen LogP contribution < -0.4 is 5.32 Å². The fraction of sp³-hybridized carbons (Fsp3) is 0.500. The standard InChI is InChI=1S/C12H18N4/c1-9-5-11(7-13)6-12(14-9)15-10(2)8-16(3)4/h5-6,10H,8H2,1-4H3,(H,14,15). The van der Waals surface area contributed by atoms with Crippen molar-refractivity contribution in [3.8, 4) is 6.07 Å². The van der Waals surface area contributed by atoms with E-state index in [0.29, 0.717) is 11.6 Å². The van der Waals surface area contributed by atoms with Crippen molar-refractivity contribution in [3.63, 3.8) is 0 Å². The molecule has 0 aliphatic carbocycles. The number of likely N-dealkylation sites (N-methyl/N-ethyl adjacent to an activating group) is 1. The summed E-state index contributed by atoms with van der Waals surface area (Å²) in [5, 5.41) is 12.1. The summed E-state index contributed by atoms with van der Waals surface area (Å²) >= 11 is 0. The number of pyridine rings is 1. The van der Waals surface area contributed by atoms with Crippen LogP contribution in [0.3, 0.4) is 0 Å². The Kier molecular flexibility index (Phi) is 4.27. The lowest BCUT2D eigenvalue weighted by Gasteiger charge is -2.19. The molecule has 0 bridgehead atoms. The lowest BCUT2D eigenvalue weighted by Crippen LogP contribution is -2.30. The molecule has 16 heavy (non-hydrogen) atoms. The molecule has 0 saturated carbocycles. The molecule has 1 aromatic rings. The minimum atomic E-state index is 0.302. The van der Waals surface area contributed by atoms with Crippen LogP contribution in [0.15, 0.2) is 12.1 Å². The Morgan fingerprint density at radius 2 is 2.19 bits per heavy atom. The van der Waals surface area contributed by atoms with E-state index in [0.717, 1.165) is 18.1 Å². The second kappa shape index (κ2) is 5.47. The molecular formula is C12H18N4. The van der Waals surface area contributed by atoms with E-state index < -0.39 is 0 Å². The van der Waals surface area contributed by atoms with Gasteiger partial charge in [-0.15, -0.1) is 0 Å². The molecule has 0 amide bonds. The van der Waals surface area contributed by atoms with Gasteiger partial charge in [0.05, 0.1) is 11.6 Å². The Labute approximate surface area is 96.9 Å². The van der Waals surface area contributed by atoms with Gasteiger partial charge in [-0.25, -0.2) is 4.98 Å². The topological polar surface area (TPSA) is 52.0 Å². The van der Waals surface area contributed by atoms with Crippen LogP contribution in [-0.2, 0) is 0 Å². The third-order valence-electron chi connectivity index (χ3n) is 2.12. The number of hydrogen-bond donors (Lipinski definition) is 1. The summed E-state index contributed by atoms with van der Waals surface area (Å²) in [6, 6.07) is 5.99. The first-order chi connectivity index (χ1) is 7.51. The summed E-state index contributed by atoms with van der Waals surface area (Å²) in [7, 11) is 4.06. The molecule has 1 N–H and O–H groups in total. The minimum absolute atomic E-state index is 0.302. The monoisotopic (exact) mass is 218 g/mol. The van der Waals surface area contributed by atoms with Crippen molar-refractivity contribution in [2.45, 2.75) is 19.9 Å². The molecule has 4 nitrogen and oxygen atoms in total. The van der Waals surface area contributed by atoms with Crippen molar-refractivity contribution in [1.29, 1.82) is 5.26 Å². The molecule has 0 aromatic carbocycles. The Morgan fingerprint density at radius 3 is 2.75 bits per heavy atom. The second-order valence-corrected chi connectivity index (χ2v) is 4.30. The molecule has 0 aliphatic heterocycles. The molecule has 1 atom stereocenters. The van der Waals surface area contributed by atoms with Crippen LogP contribution in [-0.4, -0.2) is 36.6 Å². The van der Waals surface area contributed by atoms with Crippen molar-refractivity contribution in [1.82, 2.24) is 9.88 Å². The van der Waals surface area contributed by atoms with Gasteiger partial charge in [-0.1, -0.05) is 0 Å². The smallest absolute Gasteiger partial charge is 0.127 e. The SMILES string of the molecule is Cc1cc(C#N)cc(NC(C)CN(C)C)n1. The van der Waals surface area contributed by atoms with Gasteiger partial charge in [-0.3, -0.25) is 0 Å². The molecule has 1 rings (SSSR count). The fourth-order valence-electron chi connectivity index (χ4n) is 1.65. The molecular weight excluding hydrogens is 200 g/mol. The van der Waals surface area contributed by atoms with Gasteiger partial charge in [0.15, 0.2) is 0 Å². The van der Waals surface area contributed by atoms with Crippen molar-refractivity contribution < 1.29 is 0 Å². The van der Waals surface area contributed by atoms with Gasteiger partial charge in [0.2, 0.25) is 0 Å². The molecule has 4 heteroatoms. The Bertz CT molecular complexity index is 392. The average Bonchev–Trinajstić information content (AvgIpc) is 2.14. The number of anilines is 1. The fourth-order valence-corrected chi connectivity index (χ4v) is 1.65. The van der Waals surface area contributed by atoms with Crippen molar-refractivity contribution in [3.05, 3.63) is 23.4 Å². The van der Waals surface area contributed by atoms with Gasteiger partial charge < -0.3 is 10.2 Å². The summed E-state index contributed by atoms with van der Waals surface area (Å²) in [6.07, 6.45) is 0. The van der Waals surface area contributed by atoms with Gasteiger partial charge in [0.1, 0.15) is 5.82 Å². The quantitative estimate of drug-likeness (QED) is 0.834. The number of rotatable bonds is 4. The van der Waals surface area contributed by atoms with E-state index in [2.05, 4.69) is 28.2 Å². The third kappa shape index (κ3) is 3.87. The predicted octanol–water partition coefficient (Wildman–Crippen LogP) is 1.62. The van der Waals surface area contributed by atoms with Gasteiger partial charge in [-0.2, -0.15) is 5.26 Å². The van der Waals surface area contributed by atoms with Gasteiger partial charge in [0, 0.05) is 18.3 Å². The van der Waals surface area contributed by atoms with E-state index in [1.165, 1.54) is 0 Å². The largest absolute Gasteiger partial charge is 0.366 e. The van der Waals surface area contributed by atoms with E-state index in [1.54, 1.807) is 12.1 Å². The number of nitrogens with zero attached hydrogens (tertiary/aromatic N) is 3. The zero-order chi connectivity index (χ0) is 12.1. The molecule has 1 heterocycles. The Balaban J connectivity index is 2.74. The number of nitriles is 1. The summed E-state index contributed by atoms with van der Waals surface area (Å²) in [5.41, 5.74) is 1.51. The van der Waals surface area contributed by atoms with Crippen LogP contribution in [0.25, 0.3) is 0 Å². The van der Waals surface area contributed by atoms with Gasteiger partial charge >= 0.3 is 0 Å². The maximum Gasteiger partial charge on any atom is 0.127 e. The van der Waals surface area contributed by atoms with E-state index >= 15 is 0 Å². The van der Waals surface area contributed by atoms with Crippen LogP contribution in [0.1, 0.15) is 18.2 Å². The molecule has 1 aromatic heterocycles. The van der Waals surface area contributed by atoms with Gasteiger partial charge in [0.25, 0.3) is 0 Å². The highest BCUT2D eigenvalue weighted by atomic mass is 15.1. The molecule has 0 radical (unpaired) electrons. The minimum Gasteiger partial charge on any atom is -0.366 e. The van der Waals surface area contributed by atoms with Crippen LogP contribution in [0.2, 0.25) is 0 Å². The second-order valence-electron chi connectivity index (χ2n) is 4.30. The zero-order valence-electron chi connectivity index (χ0n) is 10.3. The molecule has 0 spiro atoms. The maximum absolute atomic E-state index is 8.85. The van der Waals surface area contributed by atoms with Crippen molar-refractivity contribution >= 4 is 5.82 Å². The van der Waals surface area contributed by atoms with Crippen molar-refractivity contribution in [2.75, 3.05) is 26.0 Å². The molecule has 0 fully saturated rings. The number of nitrogens with one attached hydrogen (secondary N) is 1. The van der Waals surface area contributed by atoms with E-state index in [-0.39, 0.29) is 0 Å². The van der Waals surface area contributed by atoms with E-state index in [4.69, 9.17) is 5.26 Å². The lowest BCUT2D eigenvalue weighted by atomic mass is 10.2. The zero-order valence-corrected chi connectivity index (χ0v) is 10.3. The summed E-state index contributed by atoms with van der Waals surface area (Å²) in [4.78, 5) is 6.46. The predicted molar refractivity (Wildman–Crippen MR) is 65.3 cm³/mol. The molecule has 86 valence electrons. The maximum atomic E-state index is 8.85. The van der Waals surface area contributed by atoms with Crippen LogP contribution >= 0.6 is 0 Å². The molecule has 1 unspecified atom stereocenters. The van der Waals surface area contributed by atoms with Crippen molar-refractivity contribution in [2.24, 2.45) is 0 Å². The first kappa shape index (κ1) is 12.5. The van der Waals surface area contributed by atoms with Gasteiger partial charge in [-0.05, 0) is 40.1 Å². The highest BCUT2D eigenvalue weighted by Gasteiger charge is 2.05. The van der Waals surface area contributed by atoms with Crippen LogP contribution in [0.4, 0.5) is 5.82 Å². The number of aryl methyl sites for hydroxylation is 1. The first-order valence-electron chi connectivity index (χ1n) is 5.31. The molecule has 0 aliphatic rings. The summed E-state index contributed by atoms with van der Waals surface area (Å²) < 4.78 is 0. The normalized spacial score (nSPS) is 12.2.